The summed E-state index contributed by atoms with van der Waals surface area (Å²) in [5.74, 6) is 0. The molecule has 8 heavy (non-hydrogen) atoms. The Bertz CT molecular complexity index is 149. The maximum atomic E-state index is 9.93. The molecule has 0 aromatic rings. The topological polar surface area (TPSA) is 38.3 Å². The molecule has 0 atom stereocenters. The smallest absolute Gasteiger partial charge is 0.153 e. The average Bonchev–Trinajstić information content (AvgIpc) is 1.90. The summed E-state index contributed by atoms with van der Waals surface area (Å²) in [5, 5.41) is 0. The molecule has 1 aliphatic heterocycles. The van der Waals surface area contributed by atoms with Gasteiger partial charge in [0.1, 0.15) is 6.26 Å². The second kappa shape index (κ2) is 2.16. The largest absolute Gasteiger partial charge is 0.390 e. The fraction of sp³-hybridized carbons (Fsp3) is 0. The Morgan fingerprint density at radius 3 is 3.00 bits per heavy atom. The molecule has 0 spiro atoms. The maximum absolute atomic E-state index is 9.93. The molecule has 0 aliphatic carbocycles. The lowest BCUT2D eigenvalue weighted by atomic mass is 10.3. The van der Waals surface area contributed by atoms with Crippen molar-refractivity contribution in [3.63, 3.8) is 0 Å². The van der Waals surface area contributed by atoms with Gasteiger partial charge in [-0.2, -0.15) is 0 Å². The second-order valence-electron chi connectivity index (χ2n) is 1.30. The molecule has 0 aromatic heterocycles. The quantitative estimate of drug-likeness (QED) is 0.488. The summed E-state index contributed by atoms with van der Waals surface area (Å²) in [7, 11) is 0. The summed E-state index contributed by atoms with van der Waals surface area (Å²) in [6.07, 6.45) is 5.23. The summed E-state index contributed by atoms with van der Waals surface area (Å²) in [5.41, 5.74) is 2.96. The van der Waals surface area contributed by atoms with E-state index in [-0.39, 0.29) is 0 Å². The summed E-state index contributed by atoms with van der Waals surface area (Å²) >= 11 is 0. The molecule has 0 fully saturated rings. The van der Waals surface area contributed by atoms with E-state index >= 15 is 0 Å². The number of hydroxylamine groups is 1. The van der Waals surface area contributed by atoms with Crippen molar-refractivity contribution in [3.8, 4) is 0 Å². The zero-order valence-electron chi connectivity index (χ0n) is 4.13. The number of hydrogen-bond acceptors (Lipinski definition) is 3. The minimum Gasteiger partial charge on any atom is -0.390 e. The number of carbonyl (C=O) groups is 1. The van der Waals surface area contributed by atoms with Gasteiger partial charge in [0.25, 0.3) is 0 Å². The number of aldehydes is 1. The lowest BCUT2D eigenvalue weighted by Crippen LogP contribution is -2.05. The highest BCUT2D eigenvalue weighted by molar-refractivity contribution is 5.76. The Labute approximate surface area is 46.6 Å². The van der Waals surface area contributed by atoms with Gasteiger partial charge in [-0.05, 0) is 6.08 Å². The fourth-order valence-corrected chi connectivity index (χ4v) is 0.378. The molecule has 0 unspecified atom stereocenters. The van der Waals surface area contributed by atoms with Gasteiger partial charge in [-0.25, -0.2) is 5.48 Å². The first-order valence-electron chi connectivity index (χ1n) is 2.16. The second-order valence-corrected chi connectivity index (χ2v) is 1.30. The molecule has 0 saturated carbocycles. The third-order valence-corrected chi connectivity index (χ3v) is 0.743. The molecule has 1 heterocycles. The standard InChI is InChI=1S/C5H5NO2/c7-3-5-1-2-6-8-4-5/h1-4,6H. The van der Waals surface area contributed by atoms with Gasteiger partial charge >= 0.3 is 0 Å². The van der Waals surface area contributed by atoms with Crippen molar-refractivity contribution in [1.29, 1.82) is 0 Å². The number of rotatable bonds is 1. The van der Waals surface area contributed by atoms with Gasteiger partial charge in [0.05, 0.1) is 5.57 Å². The van der Waals surface area contributed by atoms with Crippen molar-refractivity contribution >= 4 is 6.29 Å². The van der Waals surface area contributed by atoms with Crippen LogP contribution in [0.5, 0.6) is 0 Å². The zero-order valence-corrected chi connectivity index (χ0v) is 4.13. The van der Waals surface area contributed by atoms with Gasteiger partial charge in [-0.1, -0.05) is 0 Å². The fourth-order valence-electron chi connectivity index (χ4n) is 0.378. The molecule has 0 saturated heterocycles. The van der Waals surface area contributed by atoms with E-state index in [9.17, 15) is 4.79 Å². The van der Waals surface area contributed by atoms with Gasteiger partial charge < -0.3 is 4.84 Å². The predicted octanol–water partition coefficient (Wildman–Crippen LogP) is 0.118. The third-order valence-electron chi connectivity index (χ3n) is 0.743. The first-order chi connectivity index (χ1) is 3.93. The van der Waals surface area contributed by atoms with Crippen LogP contribution in [0.4, 0.5) is 0 Å². The Morgan fingerprint density at radius 2 is 2.62 bits per heavy atom. The number of allylic oxidation sites excluding steroid dienone is 2. The van der Waals surface area contributed by atoms with Crippen LogP contribution >= 0.6 is 0 Å². The van der Waals surface area contributed by atoms with Crippen LogP contribution in [0.25, 0.3) is 0 Å². The number of carbonyl (C=O) groups excluding carboxylic acids is 1. The van der Waals surface area contributed by atoms with E-state index in [4.69, 9.17) is 0 Å². The third kappa shape index (κ3) is 0.872. The van der Waals surface area contributed by atoms with E-state index in [2.05, 4.69) is 10.3 Å². The summed E-state index contributed by atoms with van der Waals surface area (Å²) in [6, 6.07) is 0. The molecule has 0 radical (unpaired) electrons. The van der Waals surface area contributed by atoms with E-state index in [1.807, 2.05) is 0 Å². The van der Waals surface area contributed by atoms with Crippen LogP contribution in [0, 0.1) is 0 Å². The molecule has 3 heteroatoms. The summed E-state index contributed by atoms with van der Waals surface area (Å²) in [6.45, 7) is 0. The van der Waals surface area contributed by atoms with Crippen LogP contribution in [0.1, 0.15) is 0 Å². The molecule has 0 amide bonds. The van der Waals surface area contributed by atoms with Crippen LogP contribution in [0.15, 0.2) is 24.1 Å². The Balaban J connectivity index is 2.64. The summed E-state index contributed by atoms with van der Waals surface area (Å²) in [4.78, 5) is 14.5. The number of hydrogen-bond donors (Lipinski definition) is 1. The van der Waals surface area contributed by atoms with Crippen molar-refractivity contribution in [2.75, 3.05) is 0 Å². The highest BCUT2D eigenvalue weighted by Gasteiger charge is 1.91. The lowest BCUT2D eigenvalue weighted by Gasteiger charge is -2.01. The van der Waals surface area contributed by atoms with E-state index in [0.717, 1.165) is 6.29 Å². The maximum Gasteiger partial charge on any atom is 0.153 e. The molecule has 3 nitrogen and oxygen atoms in total. The minimum absolute atomic E-state index is 0.531. The van der Waals surface area contributed by atoms with Gasteiger partial charge in [-0.3, -0.25) is 4.79 Å². The van der Waals surface area contributed by atoms with Crippen molar-refractivity contribution in [2.45, 2.75) is 0 Å². The zero-order chi connectivity index (χ0) is 5.82. The van der Waals surface area contributed by atoms with Crippen LogP contribution in [-0.4, -0.2) is 6.29 Å². The monoisotopic (exact) mass is 111 g/mol. The molecular formula is C5H5NO2. The average molecular weight is 111 g/mol. The number of nitrogens with one attached hydrogen (secondary N) is 1. The van der Waals surface area contributed by atoms with Gasteiger partial charge in [0, 0.05) is 6.20 Å². The Morgan fingerprint density at radius 1 is 1.75 bits per heavy atom. The molecule has 0 aromatic carbocycles. The van der Waals surface area contributed by atoms with E-state index in [0.29, 0.717) is 5.57 Å². The van der Waals surface area contributed by atoms with Crippen LogP contribution in [0.2, 0.25) is 0 Å². The van der Waals surface area contributed by atoms with E-state index in [1.165, 1.54) is 6.26 Å². The predicted molar refractivity (Wildman–Crippen MR) is 27.5 cm³/mol. The molecule has 42 valence electrons. The van der Waals surface area contributed by atoms with Crippen LogP contribution < -0.4 is 5.48 Å². The van der Waals surface area contributed by atoms with Crippen molar-refractivity contribution in [2.24, 2.45) is 0 Å². The molecule has 1 aliphatic rings. The first-order valence-corrected chi connectivity index (χ1v) is 2.16. The van der Waals surface area contributed by atoms with Gasteiger partial charge in [0.2, 0.25) is 0 Å². The van der Waals surface area contributed by atoms with Crippen LogP contribution in [-0.2, 0) is 9.63 Å². The van der Waals surface area contributed by atoms with E-state index in [1.54, 1.807) is 12.3 Å². The summed E-state index contributed by atoms with van der Waals surface area (Å²) < 4.78 is 0. The van der Waals surface area contributed by atoms with Crippen molar-refractivity contribution < 1.29 is 9.63 Å². The highest BCUT2D eigenvalue weighted by Crippen LogP contribution is 1.94. The lowest BCUT2D eigenvalue weighted by molar-refractivity contribution is -0.104. The normalized spacial score (nSPS) is 15.8. The Kier molecular flexibility index (Phi) is 1.32. The van der Waals surface area contributed by atoms with Crippen molar-refractivity contribution in [1.82, 2.24) is 5.48 Å². The molecule has 1 rings (SSSR count). The molecular weight excluding hydrogens is 106 g/mol. The van der Waals surface area contributed by atoms with E-state index < -0.39 is 0 Å². The highest BCUT2D eigenvalue weighted by atomic mass is 16.6. The van der Waals surface area contributed by atoms with Gasteiger partial charge in [-0.15, -0.1) is 0 Å². The Hall–Kier alpha value is -1.25. The van der Waals surface area contributed by atoms with Crippen molar-refractivity contribution in [3.05, 3.63) is 24.1 Å². The van der Waals surface area contributed by atoms with Crippen LogP contribution in [0.3, 0.4) is 0 Å². The molecule has 1 N–H and O–H groups in total. The minimum atomic E-state index is 0.531. The van der Waals surface area contributed by atoms with Gasteiger partial charge in [0.15, 0.2) is 6.29 Å². The SMILES string of the molecule is O=CC1=CONC=C1. The molecule has 0 bridgehead atoms. The first kappa shape index (κ1) is 4.90.